The fraction of sp³-hybridized carbons (Fsp3) is 0.538. The molecule has 5 heteroatoms. The van der Waals surface area contributed by atoms with E-state index in [1.165, 1.54) is 0 Å². The van der Waals surface area contributed by atoms with Crippen LogP contribution in [0.25, 0.3) is 0 Å². The lowest BCUT2D eigenvalue weighted by atomic mass is 10.2. The first-order valence-electron chi connectivity index (χ1n) is 5.91. The zero-order chi connectivity index (χ0) is 13.1. The van der Waals surface area contributed by atoms with Gasteiger partial charge in [-0.05, 0) is 18.6 Å². The molecule has 1 aromatic carbocycles. The standard InChI is InChI=1S/C13H17Cl2NO2/c1-17-11-3-4-16(8-11)7-9-5-10(14)6-12(15)13(9)18-2/h5-6,11H,3-4,7-8H2,1-2H3. The van der Waals surface area contributed by atoms with Crippen molar-refractivity contribution in [1.29, 1.82) is 0 Å². The van der Waals surface area contributed by atoms with E-state index in [9.17, 15) is 0 Å². The zero-order valence-electron chi connectivity index (χ0n) is 10.6. The van der Waals surface area contributed by atoms with Gasteiger partial charge in [0.1, 0.15) is 5.75 Å². The number of methoxy groups -OCH3 is 2. The molecule has 0 aromatic heterocycles. The van der Waals surface area contributed by atoms with Crippen LogP contribution in [-0.2, 0) is 11.3 Å². The van der Waals surface area contributed by atoms with Gasteiger partial charge in [0.05, 0.1) is 18.2 Å². The average molecular weight is 290 g/mol. The molecular weight excluding hydrogens is 273 g/mol. The van der Waals surface area contributed by atoms with Crippen molar-refractivity contribution in [3.8, 4) is 5.75 Å². The van der Waals surface area contributed by atoms with Crippen LogP contribution in [-0.4, -0.2) is 38.3 Å². The number of halogens is 2. The summed E-state index contributed by atoms with van der Waals surface area (Å²) in [5, 5.41) is 1.20. The maximum absolute atomic E-state index is 6.12. The van der Waals surface area contributed by atoms with E-state index in [1.54, 1.807) is 20.3 Å². The second-order valence-corrected chi connectivity index (χ2v) is 5.31. The third-order valence-corrected chi connectivity index (χ3v) is 3.74. The van der Waals surface area contributed by atoms with E-state index in [0.717, 1.165) is 31.6 Å². The Kier molecular flexibility index (Phi) is 4.73. The highest BCUT2D eigenvalue weighted by atomic mass is 35.5. The molecule has 0 bridgehead atoms. The predicted molar refractivity (Wildman–Crippen MR) is 73.7 cm³/mol. The summed E-state index contributed by atoms with van der Waals surface area (Å²) in [7, 11) is 3.38. The van der Waals surface area contributed by atoms with Crippen LogP contribution < -0.4 is 4.74 Å². The summed E-state index contributed by atoms with van der Waals surface area (Å²) in [6.45, 7) is 2.74. The predicted octanol–water partition coefficient (Wildman–Crippen LogP) is 3.22. The van der Waals surface area contributed by atoms with Crippen LogP contribution in [0.5, 0.6) is 5.75 Å². The molecule has 1 aliphatic rings. The van der Waals surface area contributed by atoms with E-state index in [2.05, 4.69) is 4.90 Å². The largest absolute Gasteiger partial charge is 0.495 e. The second kappa shape index (κ2) is 6.11. The first-order valence-corrected chi connectivity index (χ1v) is 6.66. The van der Waals surface area contributed by atoms with E-state index in [4.69, 9.17) is 32.7 Å². The highest BCUT2D eigenvalue weighted by Crippen LogP contribution is 2.33. The quantitative estimate of drug-likeness (QED) is 0.850. The van der Waals surface area contributed by atoms with Gasteiger partial charge < -0.3 is 9.47 Å². The van der Waals surface area contributed by atoms with Crippen LogP contribution in [0.3, 0.4) is 0 Å². The Bertz CT molecular complexity index is 426. The average Bonchev–Trinajstić information content (AvgIpc) is 2.76. The molecule has 3 nitrogen and oxygen atoms in total. The van der Waals surface area contributed by atoms with Crippen molar-refractivity contribution >= 4 is 23.2 Å². The van der Waals surface area contributed by atoms with Crippen LogP contribution in [0.4, 0.5) is 0 Å². The molecule has 1 aromatic rings. The number of likely N-dealkylation sites (tertiary alicyclic amines) is 1. The number of nitrogens with zero attached hydrogens (tertiary/aromatic N) is 1. The minimum Gasteiger partial charge on any atom is -0.495 e. The SMILES string of the molecule is COc1c(Cl)cc(Cl)cc1CN1CCC(OC)C1. The molecule has 1 atom stereocenters. The highest BCUT2D eigenvalue weighted by molar-refractivity contribution is 6.35. The molecule has 18 heavy (non-hydrogen) atoms. The fourth-order valence-electron chi connectivity index (χ4n) is 2.33. The van der Waals surface area contributed by atoms with Gasteiger partial charge in [0, 0.05) is 37.3 Å². The number of ether oxygens (including phenoxy) is 2. The summed E-state index contributed by atoms with van der Waals surface area (Å²) in [6, 6.07) is 3.61. The van der Waals surface area contributed by atoms with Crippen molar-refractivity contribution in [2.75, 3.05) is 27.3 Å². The summed E-state index contributed by atoms with van der Waals surface area (Å²) < 4.78 is 10.7. The second-order valence-electron chi connectivity index (χ2n) is 4.46. The van der Waals surface area contributed by atoms with Crippen molar-refractivity contribution in [3.63, 3.8) is 0 Å². The molecule has 0 spiro atoms. The number of hydrogen-bond acceptors (Lipinski definition) is 3. The minimum absolute atomic E-state index is 0.325. The van der Waals surface area contributed by atoms with Gasteiger partial charge in [-0.15, -0.1) is 0 Å². The first kappa shape index (κ1) is 13.9. The molecule has 0 N–H and O–H groups in total. The van der Waals surface area contributed by atoms with Crippen LogP contribution in [0.2, 0.25) is 10.0 Å². The lowest BCUT2D eigenvalue weighted by Crippen LogP contribution is -2.22. The number of benzene rings is 1. The Labute approximate surface area is 118 Å². The first-order chi connectivity index (χ1) is 8.63. The van der Waals surface area contributed by atoms with Crippen molar-refractivity contribution in [2.45, 2.75) is 19.1 Å². The smallest absolute Gasteiger partial charge is 0.142 e. The molecule has 0 radical (unpaired) electrons. The molecule has 1 heterocycles. The highest BCUT2D eigenvalue weighted by Gasteiger charge is 2.23. The van der Waals surface area contributed by atoms with Gasteiger partial charge in [-0.1, -0.05) is 23.2 Å². The Hall–Kier alpha value is -0.480. The Balaban J connectivity index is 2.13. The molecule has 0 amide bonds. The van der Waals surface area contributed by atoms with E-state index in [1.807, 2.05) is 6.07 Å². The summed E-state index contributed by atoms with van der Waals surface area (Å²) in [5.41, 5.74) is 1.02. The van der Waals surface area contributed by atoms with E-state index < -0.39 is 0 Å². The molecule has 1 aliphatic heterocycles. The summed E-state index contributed by atoms with van der Waals surface area (Å²) in [4.78, 5) is 2.32. The summed E-state index contributed by atoms with van der Waals surface area (Å²) in [5.74, 6) is 0.710. The molecule has 100 valence electrons. The maximum atomic E-state index is 6.12. The topological polar surface area (TPSA) is 21.7 Å². The van der Waals surface area contributed by atoms with Gasteiger partial charge in [-0.2, -0.15) is 0 Å². The summed E-state index contributed by atoms with van der Waals surface area (Å²) in [6.07, 6.45) is 1.39. The number of rotatable bonds is 4. The normalized spacial score (nSPS) is 20.3. The van der Waals surface area contributed by atoms with E-state index >= 15 is 0 Å². The van der Waals surface area contributed by atoms with Crippen molar-refractivity contribution in [3.05, 3.63) is 27.7 Å². The molecule has 1 saturated heterocycles. The van der Waals surface area contributed by atoms with E-state index in [0.29, 0.717) is 21.9 Å². The molecule has 2 rings (SSSR count). The third-order valence-electron chi connectivity index (χ3n) is 3.25. The van der Waals surface area contributed by atoms with E-state index in [-0.39, 0.29) is 0 Å². The lowest BCUT2D eigenvalue weighted by molar-refractivity contribution is 0.107. The van der Waals surface area contributed by atoms with Crippen LogP contribution in [0.15, 0.2) is 12.1 Å². The van der Waals surface area contributed by atoms with Crippen LogP contribution in [0.1, 0.15) is 12.0 Å². The molecule has 0 aliphatic carbocycles. The summed E-state index contributed by atoms with van der Waals surface area (Å²) >= 11 is 12.2. The van der Waals surface area contributed by atoms with Crippen molar-refractivity contribution in [1.82, 2.24) is 4.90 Å². The van der Waals surface area contributed by atoms with Gasteiger partial charge in [0.15, 0.2) is 0 Å². The van der Waals surface area contributed by atoms with Gasteiger partial charge in [-0.3, -0.25) is 4.90 Å². The van der Waals surface area contributed by atoms with Crippen molar-refractivity contribution < 1.29 is 9.47 Å². The maximum Gasteiger partial charge on any atom is 0.142 e. The molecule has 0 saturated carbocycles. The molecule has 1 unspecified atom stereocenters. The van der Waals surface area contributed by atoms with Gasteiger partial charge in [-0.25, -0.2) is 0 Å². The van der Waals surface area contributed by atoms with Gasteiger partial charge in [0.2, 0.25) is 0 Å². The Morgan fingerprint density at radius 2 is 2.11 bits per heavy atom. The Morgan fingerprint density at radius 1 is 1.33 bits per heavy atom. The van der Waals surface area contributed by atoms with Crippen molar-refractivity contribution in [2.24, 2.45) is 0 Å². The van der Waals surface area contributed by atoms with Gasteiger partial charge in [0.25, 0.3) is 0 Å². The monoisotopic (exact) mass is 289 g/mol. The Morgan fingerprint density at radius 3 is 2.72 bits per heavy atom. The lowest BCUT2D eigenvalue weighted by Gasteiger charge is -2.18. The van der Waals surface area contributed by atoms with Gasteiger partial charge >= 0.3 is 0 Å². The molecular formula is C13H17Cl2NO2. The number of hydrogen-bond donors (Lipinski definition) is 0. The minimum atomic E-state index is 0.325. The zero-order valence-corrected chi connectivity index (χ0v) is 12.1. The fourth-order valence-corrected chi connectivity index (χ4v) is 2.95. The van der Waals surface area contributed by atoms with Crippen LogP contribution >= 0.6 is 23.2 Å². The van der Waals surface area contributed by atoms with Crippen LogP contribution in [0, 0.1) is 0 Å². The molecule has 1 fully saturated rings. The third kappa shape index (κ3) is 3.09.